The number of hydrogen-bond donors (Lipinski definition) is 1. The highest BCUT2D eigenvalue weighted by molar-refractivity contribution is 8.03. The normalized spacial score (nSPS) is 11.0. The van der Waals surface area contributed by atoms with E-state index in [0.717, 1.165) is 20.0 Å². The molecule has 0 aliphatic heterocycles. The van der Waals surface area contributed by atoms with Crippen LogP contribution in [0.1, 0.15) is 11.1 Å². The Morgan fingerprint density at radius 2 is 1.79 bits per heavy atom. The Morgan fingerprint density at radius 3 is 2.50 bits per heavy atom. The highest BCUT2D eigenvalue weighted by Gasteiger charge is 2.08. The fraction of sp³-hybridized carbons (Fsp3) is 0.158. The molecule has 0 bridgehead atoms. The van der Waals surface area contributed by atoms with E-state index in [1.54, 1.807) is 29.7 Å². The molecule has 9 heteroatoms. The summed E-state index contributed by atoms with van der Waals surface area (Å²) in [6.45, 7) is 0. The summed E-state index contributed by atoms with van der Waals surface area (Å²) in [5, 5.41) is 12.3. The van der Waals surface area contributed by atoms with Crippen LogP contribution in [0.15, 0.2) is 73.3 Å². The monoisotopic (exact) mass is 446 g/mol. The molecule has 28 heavy (non-hydrogen) atoms. The number of hydrazone groups is 1. The van der Waals surface area contributed by atoms with E-state index in [2.05, 4.69) is 32.9 Å². The molecule has 0 unspecified atom stereocenters. The molecule has 3 rings (SSSR count). The quantitative estimate of drug-likeness (QED) is 0.289. The SMILES string of the molecule is CSc1ccc(/C=N/NC(=O)CSc2nnc(SCc3ccccc3)s2)cc1. The third kappa shape index (κ3) is 6.97. The largest absolute Gasteiger partial charge is 0.272 e. The van der Waals surface area contributed by atoms with Gasteiger partial charge >= 0.3 is 0 Å². The zero-order valence-electron chi connectivity index (χ0n) is 15.1. The maximum Gasteiger partial charge on any atom is 0.250 e. The Balaban J connectivity index is 1.39. The minimum absolute atomic E-state index is 0.171. The van der Waals surface area contributed by atoms with Gasteiger partial charge in [-0.05, 0) is 29.5 Å². The van der Waals surface area contributed by atoms with Gasteiger partial charge in [0.25, 0.3) is 5.91 Å². The average molecular weight is 447 g/mol. The van der Waals surface area contributed by atoms with Crippen LogP contribution >= 0.6 is 46.6 Å². The van der Waals surface area contributed by atoms with Crippen LogP contribution in [0.3, 0.4) is 0 Å². The predicted octanol–water partition coefficient (Wildman–Crippen LogP) is 4.79. The lowest BCUT2D eigenvalue weighted by molar-refractivity contribution is -0.118. The molecule has 5 nitrogen and oxygen atoms in total. The molecule has 1 amide bonds. The van der Waals surface area contributed by atoms with Crippen LogP contribution in [0.25, 0.3) is 0 Å². The second-order valence-electron chi connectivity index (χ2n) is 5.46. The zero-order valence-corrected chi connectivity index (χ0v) is 18.3. The van der Waals surface area contributed by atoms with Crippen LogP contribution in [0.5, 0.6) is 0 Å². The van der Waals surface area contributed by atoms with E-state index in [1.807, 2.05) is 48.7 Å². The van der Waals surface area contributed by atoms with Gasteiger partial charge in [-0.1, -0.05) is 77.3 Å². The molecule has 0 fully saturated rings. The van der Waals surface area contributed by atoms with E-state index in [4.69, 9.17) is 0 Å². The number of benzene rings is 2. The summed E-state index contributed by atoms with van der Waals surface area (Å²) in [6.07, 6.45) is 3.67. The Labute approximate surface area is 180 Å². The van der Waals surface area contributed by atoms with Crippen LogP contribution in [0, 0.1) is 0 Å². The van der Waals surface area contributed by atoms with E-state index in [0.29, 0.717) is 0 Å². The van der Waals surface area contributed by atoms with E-state index in [1.165, 1.54) is 33.6 Å². The van der Waals surface area contributed by atoms with Gasteiger partial charge in [-0.2, -0.15) is 5.10 Å². The van der Waals surface area contributed by atoms with E-state index in [-0.39, 0.29) is 11.7 Å². The topological polar surface area (TPSA) is 67.2 Å². The summed E-state index contributed by atoms with van der Waals surface area (Å²) in [5.41, 5.74) is 4.73. The van der Waals surface area contributed by atoms with Crippen molar-refractivity contribution in [3.8, 4) is 0 Å². The Hall–Kier alpha value is -1.81. The first-order chi connectivity index (χ1) is 13.7. The number of hydrogen-bond acceptors (Lipinski definition) is 8. The van der Waals surface area contributed by atoms with Gasteiger partial charge < -0.3 is 0 Å². The lowest BCUT2D eigenvalue weighted by atomic mass is 10.2. The first-order valence-corrected chi connectivity index (χ1v) is 12.3. The molecule has 3 aromatic rings. The van der Waals surface area contributed by atoms with Crippen molar-refractivity contribution in [2.24, 2.45) is 5.10 Å². The van der Waals surface area contributed by atoms with E-state index >= 15 is 0 Å². The summed E-state index contributed by atoms with van der Waals surface area (Å²) in [7, 11) is 0. The summed E-state index contributed by atoms with van der Waals surface area (Å²) >= 11 is 6.20. The van der Waals surface area contributed by atoms with Gasteiger partial charge in [0.15, 0.2) is 8.68 Å². The first-order valence-electron chi connectivity index (χ1n) is 8.32. The lowest BCUT2D eigenvalue weighted by Crippen LogP contribution is -2.19. The van der Waals surface area contributed by atoms with Crippen molar-refractivity contribution in [3.63, 3.8) is 0 Å². The smallest absolute Gasteiger partial charge is 0.250 e. The Kier molecular flexibility index (Phi) is 8.41. The predicted molar refractivity (Wildman–Crippen MR) is 121 cm³/mol. The molecule has 0 atom stereocenters. The Bertz CT molecular complexity index is 913. The van der Waals surface area contributed by atoms with Gasteiger partial charge in [-0.15, -0.1) is 22.0 Å². The van der Waals surface area contributed by atoms with Crippen LogP contribution in [-0.4, -0.2) is 34.3 Å². The minimum Gasteiger partial charge on any atom is -0.272 e. The third-order valence-corrected chi connectivity index (χ3v) is 7.44. The van der Waals surface area contributed by atoms with Crippen molar-refractivity contribution < 1.29 is 4.79 Å². The second kappa shape index (κ2) is 11.3. The standard InChI is InChI=1S/C19H18N4OS4/c1-25-16-9-7-14(8-10-16)11-20-21-17(24)13-27-19-23-22-18(28-19)26-12-15-5-3-2-4-6-15/h2-11H,12-13H2,1H3,(H,21,24)/b20-11+. The molecule has 0 aliphatic carbocycles. The minimum atomic E-state index is -0.171. The molecule has 1 N–H and O–H groups in total. The van der Waals surface area contributed by atoms with Gasteiger partial charge in [-0.25, -0.2) is 5.43 Å². The number of aromatic nitrogens is 2. The zero-order chi connectivity index (χ0) is 19.6. The highest BCUT2D eigenvalue weighted by Crippen LogP contribution is 2.30. The fourth-order valence-electron chi connectivity index (χ4n) is 2.06. The molecular weight excluding hydrogens is 429 g/mol. The third-order valence-electron chi connectivity index (χ3n) is 3.44. The molecule has 0 spiro atoms. The maximum atomic E-state index is 11.9. The van der Waals surface area contributed by atoms with Crippen molar-refractivity contribution in [2.45, 2.75) is 19.3 Å². The molecule has 144 valence electrons. The summed E-state index contributed by atoms with van der Waals surface area (Å²) in [4.78, 5) is 13.1. The highest BCUT2D eigenvalue weighted by atomic mass is 32.2. The van der Waals surface area contributed by atoms with Crippen molar-refractivity contribution in [1.29, 1.82) is 0 Å². The number of carbonyl (C=O) groups excluding carboxylic acids is 1. The van der Waals surface area contributed by atoms with Gasteiger partial charge in [0, 0.05) is 10.6 Å². The molecule has 0 saturated carbocycles. The molecular formula is C19H18N4OS4. The molecule has 0 radical (unpaired) electrons. The molecule has 2 aromatic carbocycles. The van der Waals surface area contributed by atoms with Crippen molar-refractivity contribution >= 4 is 58.7 Å². The van der Waals surface area contributed by atoms with Crippen LogP contribution in [0.2, 0.25) is 0 Å². The number of carbonyl (C=O) groups is 1. The number of nitrogens with one attached hydrogen (secondary N) is 1. The summed E-state index contributed by atoms with van der Waals surface area (Å²) in [6, 6.07) is 18.2. The van der Waals surface area contributed by atoms with Gasteiger partial charge in [0.05, 0.1) is 12.0 Å². The number of thioether (sulfide) groups is 3. The van der Waals surface area contributed by atoms with E-state index in [9.17, 15) is 4.79 Å². The molecule has 0 aliphatic rings. The summed E-state index contributed by atoms with van der Waals surface area (Å²) < 4.78 is 1.68. The van der Waals surface area contributed by atoms with Gasteiger partial charge in [-0.3, -0.25) is 4.79 Å². The lowest BCUT2D eigenvalue weighted by Gasteiger charge is -1.98. The fourth-order valence-corrected chi connectivity index (χ4v) is 5.24. The van der Waals surface area contributed by atoms with E-state index < -0.39 is 0 Å². The number of nitrogens with zero attached hydrogens (tertiary/aromatic N) is 3. The van der Waals surface area contributed by atoms with Gasteiger partial charge in [0.1, 0.15) is 0 Å². The molecule has 1 aromatic heterocycles. The van der Waals surface area contributed by atoms with Crippen molar-refractivity contribution in [3.05, 3.63) is 65.7 Å². The molecule has 0 saturated heterocycles. The van der Waals surface area contributed by atoms with Crippen LogP contribution < -0.4 is 5.43 Å². The molecule has 1 heterocycles. The Morgan fingerprint density at radius 1 is 1.07 bits per heavy atom. The number of rotatable bonds is 9. The first kappa shape index (κ1) is 20.9. The van der Waals surface area contributed by atoms with Gasteiger partial charge in [0.2, 0.25) is 0 Å². The summed E-state index contributed by atoms with van der Waals surface area (Å²) in [5.74, 6) is 0.934. The number of amides is 1. The average Bonchev–Trinajstić information content (AvgIpc) is 3.20. The van der Waals surface area contributed by atoms with Crippen LogP contribution in [0.4, 0.5) is 0 Å². The maximum absolute atomic E-state index is 11.9. The van der Waals surface area contributed by atoms with Crippen molar-refractivity contribution in [1.82, 2.24) is 15.6 Å². The van der Waals surface area contributed by atoms with Crippen LogP contribution in [-0.2, 0) is 10.5 Å². The second-order valence-corrected chi connectivity index (χ2v) is 9.77. The van der Waals surface area contributed by atoms with Crippen molar-refractivity contribution in [2.75, 3.05) is 12.0 Å².